The highest BCUT2D eigenvalue weighted by Crippen LogP contribution is 2.15. The van der Waals surface area contributed by atoms with Gasteiger partial charge in [0.2, 0.25) is 5.91 Å². The van der Waals surface area contributed by atoms with Gasteiger partial charge in [-0.3, -0.25) is 9.79 Å². The first-order chi connectivity index (χ1) is 9.93. The lowest BCUT2D eigenvalue weighted by Crippen LogP contribution is -2.40. The molecule has 0 N–H and O–H groups in total. The molecule has 1 aliphatic rings. The highest BCUT2D eigenvalue weighted by Gasteiger charge is 2.22. The summed E-state index contributed by atoms with van der Waals surface area (Å²) in [5.41, 5.74) is 3.07. The molecule has 0 bridgehead atoms. The lowest BCUT2D eigenvalue weighted by atomic mass is 10.0. The minimum absolute atomic E-state index is 0.234. The van der Waals surface area contributed by atoms with Crippen LogP contribution in [0.15, 0.2) is 28.9 Å². The van der Waals surface area contributed by atoms with Crippen molar-refractivity contribution in [1.29, 1.82) is 0 Å². The average molecular weight is 291 g/mol. The summed E-state index contributed by atoms with van der Waals surface area (Å²) in [6, 6.07) is 0. The molecule has 0 spiro atoms. The van der Waals surface area contributed by atoms with Gasteiger partial charge in [-0.15, -0.1) is 0 Å². The molecular formula is C17H29N3O. The van der Waals surface area contributed by atoms with Crippen molar-refractivity contribution >= 4 is 11.6 Å². The van der Waals surface area contributed by atoms with Gasteiger partial charge >= 0.3 is 0 Å². The van der Waals surface area contributed by atoms with Gasteiger partial charge in [-0.05, 0) is 46.0 Å². The summed E-state index contributed by atoms with van der Waals surface area (Å²) in [5.74, 6) is 0.234. The number of rotatable bonds is 6. The Morgan fingerprint density at radius 3 is 2.76 bits per heavy atom. The second kappa shape index (κ2) is 8.78. The first kappa shape index (κ1) is 17.6. The second-order valence-corrected chi connectivity index (χ2v) is 5.89. The summed E-state index contributed by atoms with van der Waals surface area (Å²) in [6.07, 6.45) is 5.44. The smallest absolute Gasteiger partial charge is 0.222 e. The predicted octanol–water partition coefficient (Wildman–Crippen LogP) is 2.87. The molecule has 1 aliphatic heterocycles. The minimum Gasteiger partial charge on any atom is -0.338 e. The highest BCUT2D eigenvalue weighted by atomic mass is 16.2. The van der Waals surface area contributed by atoms with E-state index in [0.29, 0.717) is 13.0 Å². The Bertz CT molecular complexity index is 435. The molecule has 21 heavy (non-hydrogen) atoms. The number of nitrogens with zero attached hydrogens (tertiary/aromatic N) is 3. The monoisotopic (exact) mass is 291 g/mol. The third-order valence-electron chi connectivity index (χ3n) is 3.57. The number of carbonyl (C=O) groups is 1. The molecule has 0 atom stereocenters. The van der Waals surface area contributed by atoms with Gasteiger partial charge < -0.3 is 9.80 Å². The molecule has 4 nitrogen and oxygen atoms in total. The van der Waals surface area contributed by atoms with Crippen molar-refractivity contribution in [2.24, 2.45) is 4.99 Å². The van der Waals surface area contributed by atoms with Gasteiger partial charge in [0, 0.05) is 37.3 Å². The number of amides is 1. The quantitative estimate of drug-likeness (QED) is 0.754. The van der Waals surface area contributed by atoms with Crippen LogP contribution in [0.2, 0.25) is 0 Å². The lowest BCUT2D eigenvalue weighted by molar-refractivity contribution is -0.131. The summed E-state index contributed by atoms with van der Waals surface area (Å²) in [4.78, 5) is 20.8. The molecular weight excluding hydrogens is 262 g/mol. The van der Waals surface area contributed by atoms with Crippen LogP contribution in [-0.2, 0) is 4.79 Å². The molecule has 1 amide bonds. The third-order valence-corrected chi connectivity index (χ3v) is 3.57. The van der Waals surface area contributed by atoms with Gasteiger partial charge in [-0.25, -0.2) is 0 Å². The molecule has 0 radical (unpaired) electrons. The minimum atomic E-state index is 0.234. The second-order valence-electron chi connectivity index (χ2n) is 5.89. The van der Waals surface area contributed by atoms with Gasteiger partial charge in [-0.2, -0.15) is 0 Å². The van der Waals surface area contributed by atoms with E-state index in [1.807, 2.05) is 25.9 Å². The van der Waals surface area contributed by atoms with Crippen molar-refractivity contribution in [2.75, 3.05) is 33.7 Å². The normalized spacial score (nSPS) is 18.7. The van der Waals surface area contributed by atoms with Crippen LogP contribution in [0, 0.1) is 0 Å². The predicted molar refractivity (Wildman–Crippen MR) is 89.6 cm³/mol. The molecule has 4 heteroatoms. The number of likely N-dealkylation sites (tertiary alicyclic amines) is 1. The SMILES string of the molecule is C=C1CN(C(=O)CCCN(C)C)CC/C1=N/C(C)=C\CC. The highest BCUT2D eigenvalue weighted by molar-refractivity contribution is 6.02. The van der Waals surface area contributed by atoms with E-state index in [4.69, 9.17) is 0 Å². The maximum atomic E-state index is 12.2. The zero-order chi connectivity index (χ0) is 15.8. The van der Waals surface area contributed by atoms with Crippen LogP contribution in [0.4, 0.5) is 0 Å². The van der Waals surface area contributed by atoms with Crippen LogP contribution >= 0.6 is 0 Å². The van der Waals surface area contributed by atoms with Crippen LogP contribution in [0.3, 0.4) is 0 Å². The van der Waals surface area contributed by atoms with E-state index in [1.165, 1.54) is 0 Å². The van der Waals surface area contributed by atoms with Crippen LogP contribution < -0.4 is 0 Å². The van der Waals surface area contributed by atoms with Crippen molar-refractivity contribution in [1.82, 2.24) is 9.80 Å². The number of piperidine rings is 1. The maximum absolute atomic E-state index is 12.2. The topological polar surface area (TPSA) is 35.9 Å². The molecule has 0 aromatic rings. The molecule has 118 valence electrons. The van der Waals surface area contributed by atoms with E-state index in [1.54, 1.807) is 0 Å². The Kier molecular flexibility index (Phi) is 7.37. The zero-order valence-electron chi connectivity index (χ0n) is 14.0. The number of carbonyl (C=O) groups excluding carboxylic acids is 1. The standard InChI is InChI=1S/C17H29N3O/c1-6-8-15(3)18-16-10-12-20(13-14(16)2)17(21)9-7-11-19(4)5/h8H,2,6-7,9-13H2,1,3-5H3/b15-8-,18-16-. The summed E-state index contributed by atoms with van der Waals surface area (Å²) in [6.45, 7) is 10.5. The third kappa shape index (κ3) is 6.25. The summed E-state index contributed by atoms with van der Waals surface area (Å²) < 4.78 is 0. The fraction of sp³-hybridized carbons (Fsp3) is 0.647. The van der Waals surface area contributed by atoms with Crippen LogP contribution in [0.1, 0.15) is 39.5 Å². The van der Waals surface area contributed by atoms with Gasteiger partial charge in [0.1, 0.15) is 0 Å². The number of aliphatic imine (C=N–C) groups is 1. The Morgan fingerprint density at radius 2 is 2.19 bits per heavy atom. The molecule has 1 rings (SSSR count). The van der Waals surface area contributed by atoms with E-state index < -0.39 is 0 Å². The molecule has 1 heterocycles. The summed E-state index contributed by atoms with van der Waals surface area (Å²) in [7, 11) is 4.06. The van der Waals surface area contributed by atoms with Crippen molar-refractivity contribution < 1.29 is 4.79 Å². The summed E-state index contributed by atoms with van der Waals surface area (Å²) in [5, 5.41) is 0. The molecule has 0 aliphatic carbocycles. The van der Waals surface area contributed by atoms with E-state index >= 15 is 0 Å². The fourth-order valence-electron chi connectivity index (χ4n) is 2.42. The van der Waals surface area contributed by atoms with Crippen molar-refractivity contribution in [3.63, 3.8) is 0 Å². The van der Waals surface area contributed by atoms with Gasteiger partial charge in [0.25, 0.3) is 0 Å². The van der Waals surface area contributed by atoms with Crippen molar-refractivity contribution in [3.05, 3.63) is 23.9 Å². The zero-order valence-corrected chi connectivity index (χ0v) is 14.0. The van der Waals surface area contributed by atoms with Crippen LogP contribution in [0.5, 0.6) is 0 Å². The van der Waals surface area contributed by atoms with Crippen LogP contribution in [0.25, 0.3) is 0 Å². The first-order valence-corrected chi connectivity index (χ1v) is 7.79. The molecule has 0 unspecified atom stereocenters. The Labute approximate surface area is 129 Å². The van der Waals surface area contributed by atoms with Crippen molar-refractivity contribution in [3.8, 4) is 0 Å². The maximum Gasteiger partial charge on any atom is 0.222 e. The average Bonchev–Trinajstić information content (AvgIpc) is 2.40. The molecule has 0 aromatic heterocycles. The van der Waals surface area contributed by atoms with Crippen LogP contribution in [-0.4, -0.2) is 55.1 Å². The molecule has 0 aromatic carbocycles. The van der Waals surface area contributed by atoms with E-state index in [0.717, 1.165) is 49.3 Å². The van der Waals surface area contributed by atoms with Gasteiger partial charge in [-0.1, -0.05) is 19.6 Å². The largest absolute Gasteiger partial charge is 0.338 e. The summed E-state index contributed by atoms with van der Waals surface area (Å²) >= 11 is 0. The van der Waals surface area contributed by atoms with Crippen molar-refractivity contribution in [2.45, 2.75) is 39.5 Å². The lowest BCUT2D eigenvalue weighted by Gasteiger charge is -2.29. The van der Waals surface area contributed by atoms with Gasteiger partial charge in [0.05, 0.1) is 0 Å². The Morgan fingerprint density at radius 1 is 1.48 bits per heavy atom. The molecule has 1 fully saturated rings. The number of hydrogen-bond donors (Lipinski definition) is 0. The number of allylic oxidation sites excluding steroid dienone is 2. The molecule has 0 saturated carbocycles. The Hall–Kier alpha value is -1.42. The molecule has 1 saturated heterocycles. The first-order valence-electron chi connectivity index (χ1n) is 7.79. The van der Waals surface area contributed by atoms with E-state index in [-0.39, 0.29) is 5.91 Å². The van der Waals surface area contributed by atoms with E-state index in [2.05, 4.69) is 29.5 Å². The van der Waals surface area contributed by atoms with E-state index in [9.17, 15) is 4.79 Å². The Balaban J connectivity index is 2.50. The number of hydrogen-bond acceptors (Lipinski definition) is 3. The van der Waals surface area contributed by atoms with Gasteiger partial charge in [0.15, 0.2) is 0 Å². The fourth-order valence-corrected chi connectivity index (χ4v) is 2.42.